The van der Waals surface area contributed by atoms with Gasteiger partial charge < -0.3 is 25.9 Å². The maximum absolute atomic E-state index is 13.3. The molecule has 15 heteroatoms. The van der Waals surface area contributed by atoms with Crippen molar-refractivity contribution in [3.8, 4) is 0 Å². The molecule has 5 heterocycles. The topological polar surface area (TPSA) is 171 Å². The summed E-state index contributed by atoms with van der Waals surface area (Å²) in [5.74, 6) is -2.47. The van der Waals surface area contributed by atoms with Gasteiger partial charge in [0.25, 0.3) is 17.7 Å². The molecule has 0 aromatic carbocycles. The number of carboxylic acid groups (broad SMARTS) is 1. The van der Waals surface area contributed by atoms with Gasteiger partial charge >= 0.3 is 5.97 Å². The molecule has 1 saturated carbocycles. The first-order valence-electron chi connectivity index (χ1n) is 13.9. The summed E-state index contributed by atoms with van der Waals surface area (Å²) in [6.07, 6.45) is 9.37. The number of β-lactam (4-membered cyclic amide) rings is 1. The van der Waals surface area contributed by atoms with Crippen LogP contribution in [0.5, 0.6) is 0 Å². The van der Waals surface area contributed by atoms with Crippen molar-refractivity contribution in [1.82, 2.24) is 15.2 Å². The Morgan fingerprint density at radius 2 is 2.09 bits per heavy atom. The first kappa shape index (κ1) is 28.9. The highest BCUT2D eigenvalue weighted by Gasteiger charge is 2.54. The number of nitrogen functional groups attached to an aromatic ring is 1. The molecule has 3 fully saturated rings. The van der Waals surface area contributed by atoms with Crippen LogP contribution in [0.25, 0.3) is 0 Å². The zero-order valence-corrected chi connectivity index (χ0v) is 24.9. The number of nitrogens with two attached hydrogens (primary N) is 1. The summed E-state index contributed by atoms with van der Waals surface area (Å²) in [6, 6.07) is 2.72. The third kappa shape index (κ3) is 5.61. The fourth-order valence-electron chi connectivity index (χ4n) is 5.62. The highest BCUT2D eigenvalue weighted by molar-refractivity contribution is 8.00. The van der Waals surface area contributed by atoms with Gasteiger partial charge in [-0.3, -0.25) is 19.3 Å². The maximum atomic E-state index is 13.3. The fraction of sp³-hybridized carbons (Fsp3) is 0.393. The second kappa shape index (κ2) is 11.8. The van der Waals surface area contributed by atoms with Crippen LogP contribution in [-0.4, -0.2) is 74.2 Å². The van der Waals surface area contributed by atoms with E-state index in [1.54, 1.807) is 16.4 Å². The molecule has 0 spiro atoms. The highest BCUT2D eigenvalue weighted by Crippen LogP contribution is 2.41. The van der Waals surface area contributed by atoms with E-state index < -0.39 is 29.2 Å². The lowest BCUT2D eigenvalue weighted by atomic mass is 10.0. The zero-order valence-electron chi connectivity index (χ0n) is 23.3. The minimum atomic E-state index is -1.28. The standard InChI is InChI=1S/C28H29N7O6S2/c1-33-9-4-5-17(12-33)34-10-8-15(24(34)37)11-16-13-42-26-21(25(38)35(26)22(16)27(39)40)31-23(36)20(19-14-43-28(29)30-19)32-41-18-6-2-3-7-18/h4-5,9,11-12,14,18,21,26H,2-3,6-8,10,13H2,1H3,(H3-,29,30,31,36,39,40)/p+1/t21-,26-/m1/s1. The lowest BCUT2D eigenvalue weighted by molar-refractivity contribution is -0.670. The van der Waals surface area contributed by atoms with Crippen LogP contribution >= 0.6 is 23.1 Å². The number of carbonyl (C=O) groups excluding carboxylic acids is 3. The number of carboxylic acids is 1. The smallest absolute Gasteiger partial charge is 0.352 e. The molecule has 2 saturated heterocycles. The number of amides is 3. The van der Waals surface area contributed by atoms with E-state index in [2.05, 4.69) is 15.5 Å². The Kier molecular flexibility index (Phi) is 7.92. The van der Waals surface area contributed by atoms with Crippen LogP contribution in [0.15, 0.2) is 58.0 Å². The van der Waals surface area contributed by atoms with Gasteiger partial charge in [-0.2, -0.15) is 0 Å². The Labute approximate surface area is 255 Å². The molecular weight excluding hydrogens is 594 g/mol. The summed E-state index contributed by atoms with van der Waals surface area (Å²) < 4.78 is 1.85. The zero-order chi connectivity index (χ0) is 30.2. The molecule has 0 radical (unpaired) electrons. The highest BCUT2D eigenvalue weighted by atomic mass is 32.2. The van der Waals surface area contributed by atoms with Crippen molar-refractivity contribution < 1.29 is 33.7 Å². The number of rotatable bonds is 8. The van der Waals surface area contributed by atoms with Gasteiger partial charge in [0.2, 0.25) is 0 Å². The number of oxime groups is 1. The van der Waals surface area contributed by atoms with Crippen molar-refractivity contribution in [3.63, 3.8) is 0 Å². The molecule has 0 unspecified atom stereocenters. The van der Waals surface area contributed by atoms with Crippen molar-refractivity contribution in [2.45, 2.75) is 49.6 Å². The van der Waals surface area contributed by atoms with E-state index in [1.165, 1.54) is 16.7 Å². The number of thioether (sulfide) groups is 1. The average Bonchev–Trinajstić information content (AvgIpc) is 3.74. The molecule has 224 valence electrons. The van der Waals surface area contributed by atoms with Crippen molar-refractivity contribution in [2.24, 2.45) is 12.2 Å². The SMILES string of the molecule is C[n+]1cccc(N2CCC(=CC3=C(C(=O)O)N4C(=O)[C@@H](NC(=O)C(=NOC5CCCC5)c5csc(N)n5)[C@H]4SC3)C2=O)c1. The van der Waals surface area contributed by atoms with Gasteiger partial charge in [-0.25, -0.2) is 14.3 Å². The largest absolute Gasteiger partial charge is 0.477 e. The number of thiazole rings is 1. The first-order valence-corrected chi connectivity index (χ1v) is 15.8. The minimum absolute atomic E-state index is 0.0948. The second-order valence-electron chi connectivity index (χ2n) is 10.7. The van der Waals surface area contributed by atoms with Gasteiger partial charge in [0.15, 0.2) is 23.2 Å². The van der Waals surface area contributed by atoms with E-state index in [0.717, 1.165) is 42.7 Å². The molecule has 4 aliphatic rings. The first-order chi connectivity index (χ1) is 20.7. The molecule has 1 aliphatic carbocycles. The van der Waals surface area contributed by atoms with E-state index in [4.69, 9.17) is 10.6 Å². The van der Waals surface area contributed by atoms with E-state index in [1.807, 2.05) is 36.1 Å². The lowest BCUT2D eigenvalue weighted by Gasteiger charge is -2.49. The summed E-state index contributed by atoms with van der Waals surface area (Å²) in [5.41, 5.74) is 7.33. The normalized spacial score (nSPS) is 23.6. The Bertz CT molecular complexity index is 1600. The molecule has 2 aromatic rings. The predicted octanol–water partition coefficient (Wildman–Crippen LogP) is 1.32. The van der Waals surface area contributed by atoms with Crippen molar-refractivity contribution in [2.75, 3.05) is 22.9 Å². The Balaban J connectivity index is 1.20. The van der Waals surface area contributed by atoms with Crippen LogP contribution in [0.3, 0.4) is 0 Å². The maximum Gasteiger partial charge on any atom is 0.352 e. The van der Waals surface area contributed by atoms with E-state index in [9.17, 15) is 24.3 Å². The summed E-state index contributed by atoms with van der Waals surface area (Å²) in [4.78, 5) is 64.8. The summed E-state index contributed by atoms with van der Waals surface area (Å²) in [6.45, 7) is 0.468. The average molecular weight is 625 g/mol. The van der Waals surface area contributed by atoms with Crippen LogP contribution in [0.1, 0.15) is 37.8 Å². The van der Waals surface area contributed by atoms with E-state index in [-0.39, 0.29) is 40.0 Å². The quantitative estimate of drug-likeness (QED) is 0.129. The number of pyridine rings is 1. The van der Waals surface area contributed by atoms with Gasteiger partial charge in [-0.05, 0) is 49.8 Å². The number of nitrogens with zero attached hydrogens (tertiary/aromatic N) is 5. The molecule has 43 heavy (non-hydrogen) atoms. The summed E-state index contributed by atoms with van der Waals surface area (Å²) >= 11 is 2.46. The van der Waals surface area contributed by atoms with E-state index >= 15 is 0 Å². The molecule has 13 nitrogen and oxygen atoms in total. The van der Waals surface area contributed by atoms with Crippen molar-refractivity contribution in [3.05, 3.63) is 58.5 Å². The predicted molar refractivity (Wildman–Crippen MR) is 159 cm³/mol. The van der Waals surface area contributed by atoms with Crippen LogP contribution in [0, 0.1) is 0 Å². The van der Waals surface area contributed by atoms with Gasteiger partial charge in [-0.15, -0.1) is 23.1 Å². The molecular formula is C28H30N7O6S2+. The van der Waals surface area contributed by atoms with E-state index in [0.29, 0.717) is 24.1 Å². The van der Waals surface area contributed by atoms with Crippen molar-refractivity contribution >= 4 is 63.3 Å². The third-order valence-electron chi connectivity index (χ3n) is 7.77. The van der Waals surface area contributed by atoms with Gasteiger partial charge in [-0.1, -0.05) is 5.16 Å². The number of fused-ring (bicyclic) bond motifs is 1. The molecule has 3 amide bonds. The Morgan fingerprint density at radius 3 is 2.79 bits per heavy atom. The molecule has 4 N–H and O–H groups in total. The van der Waals surface area contributed by atoms with Crippen LogP contribution in [0.4, 0.5) is 10.8 Å². The molecule has 2 atom stereocenters. The number of carbonyl (C=O) groups is 4. The minimum Gasteiger partial charge on any atom is -0.477 e. The monoisotopic (exact) mass is 624 g/mol. The third-order valence-corrected chi connectivity index (χ3v) is 9.75. The Morgan fingerprint density at radius 1 is 1.30 bits per heavy atom. The molecule has 3 aliphatic heterocycles. The van der Waals surface area contributed by atoms with Crippen LogP contribution in [-0.2, 0) is 31.1 Å². The number of hydrogen-bond acceptors (Lipinski definition) is 10. The van der Waals surface area contributed by atoms with Gasteiger partial charge in [0, 0.05) is 29.3 Å². The van der Waals surface area contributed by atoms with Gasteiger partial charge in [0.1, 0.15) is 41.6 Å². The molecule has 2 aromatic heterocycles. The number of aliphatic carboxylic acids is 1. The fourth-order valence-corrected chi connectivity index (χ4v) is 7.48. The number of aromatic nitrogens is 2. The number of allylic oxidation sites excluding steroid dienone is 1. The number of aryl methyl sites for hydroxylation is 1. The summed E-state index contributed by atoms with van der Waals surface area (Å²) in [5, 5.41) is 18.1. The second-order valence-corrected chi connectivity index (χ2v) is 12.7. The molecule has 0 bridgehead atoms. The lowest BCUT2D eigenvalue weighted by Crippen LogP contribution is -2.71. The Hall–Kier alpha value is -4.24. The number of nitrogens with one attached hydrogen (secondary N) is 1. The van der Waals surface area contributed by atoms with Crippen molar-refractivity contribution in [1.29, 1.82) is 0 Å². The number of hydrogen-bond donors (Lipinski definition) is 3. The number of anilines is 2. The van der Waals surface area contributed by atoms with Crippen LogP contribution < -0.4 is 20.5 Å². The summed E-state index contributed by atoms with van der Waals surface area (Å²) in [7, 11) is 1.87. The molecule has 6 rings (SSSR count). The van der Waals surface area contributed by atoms with Gasteiger partial charge in [0.05, 0.1) is 0 Å². The van der Waals surface area contributed by atoms with Crippen LogP contribution in [0.2, 0.25) is 0 Å².